The summed E-state index contributed by atoms with van der Waals surface area (Å²) in [5, 5.41) is 1.07. The van der Waals surface area contributed by atoms with Crippen LogP contribution in [-0.2, 0) is 6.54 Å². The highest BCUT2D eigenvalue weighted by Gasteiger charge is 2.11. The molecule has 3 rings (SSSR count). The molecule has 2 heteroatoms. The van der Waals surface area contributed by atoms with E-state index in [1.54, 1.807) is 0 Å². The second kappa shape index (κ2) is 4.31. The molecule has 0 saturated carbocycles. The highest BCUT2D eigenvalue weighted by atomic mass is 16.3. The van der Waals surface area contributed by atoms with Crippen LogP contribution in [0, 0.1) is 6.92 Å². The molecule has 2 N–H and O–H groups in total. The average molecular weight is 236 g/mol. The Bertz CT molecular complexity index is 680. The molecule has 2 aromatic carbocycles. The van der Waals surface area contributed by atoms with Crippen LogP contribution in [0.5, 0.6) is 0 Å². The van der Waals surface area contributed by atoms with Gasteiger partial charge < -0.3 is 10.2 Å². The number of nitrogens with two attached hydrogens (primary N) is 1. The normalized spacial score (nSPS) is 11.0. The first-order chi connectivity index (χ1) is 8.79. The second-order valence-corrected chi connectivity index (χ2v) is 4.31. The minimum absolute atomic E-state index is 0.553. The van der Waals surface area contributed by atoms with Gasteiger partial charge in [-0.1, -0.05) is 42.5 Å². The Labute approximate surface area is 106 Å². The quantitative estimate of drug-likeness (QED) is 0.736. The lowest BCUT2D eigenvalue weighted by Crippen LogP contribution is -1.95. The number of benzene rings is 2. The van der Waals surface area contributed by atoms with Gasteiger partial charge in [0, 0.05) is 23.1 Å². The summed E-state index contributed by atoms with van der Waals surface area (Å²) in [6.07, 6.45) is 0. The second-order valence-electron chi connectivity index (χ2n) is 4.31. The highest BCUT2D eigenvalue weighted by Crippen LogP contribution is 2.32. The van der Waals surface area contributed by atoms with Gasteiger partial charge in [-0.2, -0.15) is 0 Å². The third-order valence-corrected chi connectivity index (χ3v) is 3.15. The van der Waals surface area contributed by atoms with Crippen molar-refractivity contribution in [1.29, 1.82) is 0 Å². The number of fused-ring (bicyclic) bond motifs is 1. The zero-order valence-electron chi connectivity index (χ0n) is 10.0. The first-order valence-electron chi connectivity index (χ1n) is 5.92. The van der Waals surface area contributed by atoms with Gasteiger partial charge in [-0.15, -0.1) is 0 Å². The van der Waals surface area contributed by atoms with Crippen molar-refractivity contribution >= 4 is 11.0 Å². The summed E-state index contributed by atoms with van der Waals surface area (Å²) in [4.78, 5) is 0. The molecule has 1 aromatic heterocycles. The zero-order valence-corrected chi connectivity index (χ0v) is 10.0. The topological polar surface area (TPSA) is 39.2 Å². The van der Waals surface area contributed by atoms with Crippen molar-refractivity contribution in [3.8, 4) is 11.3 Å². The minimum atomic E-state index is 0.553. The lowest BCUT2D eigenvalue weighted by atomic mass is 10.1. The molecule has 0 aliphatic carbocycles. The van der Waals surface area contributed by atoms with Crippen LogP contribution in [0.1, 0.15) is 11.1 Å². The minimum Gasteiger partial charge on any atom is -0.456 e. The molecule has 1 radical (unpaired) electrons. The van der Waals surface area contributed by atoms with Gasteiger partial charge in [0.05, 0.1) is 0 Å². The molecule has 0 unspecified atom stereocenters. The molecule has 18 heavy (non-hydrogen) atoms. The van der Waals surface area contributed by atoms with Crippen LogP contribution >= 0.6 is 0 Å². The van der Waals surface area contributed by atoms with Crippen molar-refractivity contribution in [3.05, 3.63) is 66.6 Å². The summed E-state index contributed by atoms with van der Waals surface area (Å²) in [7, 11) is 0. The van der Waals surface area contributed by atoms with Crippen molar-refractivity contribution < 1.29 is 4.42 Å². The van der Waals surface area contributed by atoms with Crippen LogP contribution in [0.3, 0.4) is 0 Å². The Hall–Kier alpha value is -2.06. The maximum absolute atomic E-state index is 5.86. The van der Waals surface area contributed by atoms with Gasteiger partial charge in [0.15, 0.2) is 0 Å². The van der Waals surface area contributed by atoms with Crippen molar-refractivity contribution in [2.75, 3.05) is 0 Å². The SMILES string of the molecule is [CH2]c1c(-c2ccc(CN)cc2)oc2ccccc12. The molecule has 2 nitrogen and oxygen atoms in total. The summed E-state index contributed by atoms with van der Waals surface area (Å²) in [6, 6.07) is 16.0. The molecule has 0 saturated heterocycles. The van der Waals surface area contributed by atoms with Gasteiger partial charge in [0.2, 0.25) is 0 Å². The number of para-hydroxylation sites is 1. The fourth-order valence-corrected chi connectivity index (χ4v) is 2.12. The number of furan rings is 1. The maximum atomic E-state index is 5.86. The van der Waals surface area contributed by atoms with E-state index in [-0.39, 0.29) is 0 Å². The predicted octanol–water partition coefficient (Wildman–Crippen LogP) is 3.74. The summed E-state index contributed by atoms with van der Waals surface area (Å²) >= 11 is 0. The number of rotatable bonds is 2. The Balaban J connectivity index is 2.15. The number of hydrogen-bond acceptors (Lipinski definition) is 2. The molecular formula is C16H14NO. The summed E-state index contributed by atoms with van der Waals surface area (Å²) in [6.45, 7) is 4.66. The largest absolute Gasteiger partial charge is 0.456 e. The first kappa shape index (κ1) is 11.1. The van der Waals surface area contributed by atoms with E-state index >= 15 is 0 Å². The molecule has 0 amide bonds. The van der Waals surface area contributed by atoms with Crippen LogP contribution in [0.4, 0.5) is 0 Å². The van der Waals surface area contributed by atoms with Crippen molar-refractivity contribution in [2.24, 2.45) is 5.73 Å². The molecule has 0 spiro atoms. The van der Waals surface area contributed by atoms with E-state index in [4.69, 9.17) is 10.2 Å². The lowest BCUT2D eigenvalue weighted by Gasteiger charge is -2.00. The molecule has 3 aromatic rings. The molecular weight excluding hydrogens is 222 g/mol. The van der Waals surface area contributed by atoms with E-state index in [2.05, 4.69) is 6.92 Å². The Morgan fingerprint density at radius 1 is 1.00 bits per heavy atom. The van der Waals surface area contributed by atoms with Crippen LogP contribution in [0.2, 0.25) is 0 Å². The zero-order chi connectivity index (χ0) is 12.5. The van der Waals surface area contributed by atoms with Crippen molar-refractivity contribution in [2.45, 2.75) is 6.54 Å². The summed E-state index contributed by atoms with van der Waals surface area (Å²) < 4.78 is 5.86. The molecule has 0 bridgehead atoms. The maximum Gasteiger partial charge on any atom is 0.138 e. The summed E-state index contributed by atoms with van der Waals surface area (Å²) in [5.41, 5.74) is 9.55. The highest BCUT2D eigenvalue weighted by molar-refractivity contribution is 5.88. The molecule has 0 atom stereocenters. The van der Waals surface area contributed by atoms with Gasteiger partial charge in [0.1, 0.15) is 11.3 Å². The molecule has 0 aliphatic heterocycles. The molecule has 0 fully saturated rings. The van der Waals surface area contributed by atoms with Crippen LogP contribution in [-0.4, -0.2) is 0 Å². The Kier molecular flexibility index (Phi) is 2.65. The monoisotopic (exact) mass is 236 g/mol. The summed E-state index contributed by atoms with van der Waals surface area (Å²) in [5.74, 6) is 0.833. The van der Waals surface area contributed by atoms with E-state index in [1.807, 2.05) is 48.5 Å². The molecule has 0 aliphatic rings. The average Bonchev–Trinajstić information content (AvgIpc) is 2.77. The lowest BCUT2D eigenvalue weighted by molar-refractivity contribution is 0.630. The van der Waals surface area contributed by atoms with E-state index < -0.39 is 0 Å². The van der Waals surface area contributed by atoms with E-state index in [0.29, 0.717) is 6.54 Å². The van der Waals surface area contributed by atoms with E-state index in [0.717, 1.165) is 33.4 Å². The van der Waals surface area contributed by atoms with Crippen molar-refractivity contribution in [1.82, 2.24) is 0 Å². The fraction of sp³-hybridized carbons (Fsp3) is 0.0625. The molecule has 89 valence electrons. The smallest absolute Gasteiger partial charge is 0.138 e. The van der Waals surface area contributed by atoms with E-state index in [9.17, 15) is 0 Å². The van der Waals surface area contributed by atoms with Crippen molar-refractivity contribution in [3.63, 3.8) is 0 Å². The first-order valence-corrected chi connectivity index (χ1v) is 5.92. The van der Waals surface area contributed by atoms with Gasteiger partial charge in [-0.3, -0.25) is 0 Å². The van der Waals surface area contributed by atoms with Crippen LogP contribution in [0.25, 0.3) is 22.3 Å². The van der Waals surface area contributed by atoms with E-state index in [1.165, 1.54) is 0 Å². The fourth-order valence-electron chi connectivity index (χ4n) is 2.12. The predicted molar refractivity (Wildman–Crippen MR) is 74.0 cm³/mol. The third-order valence-electron chi connectivity index (χ3n) is 3.15. The Morgan fingerprint density at radius 2 is 1.72 bits per heavy atom. The molecule has 1 heterocycles. The van der Waals surface area contributed by atoms with Crippen LogP contribution in [0.15, 0.2) is 52.9 Å². The van der Waals surface area contributed by atoms with Gasteiger partial charge in [-0.05, 0) is 18.6 Å². The number of hydrogen-bond donors (Lipinski definition) is 1. The third kappa shape index (κ3) is 1.71. The van der Waals surface area contributed by atoms with Gasteiger partial charge in [-0.25, -0.2) is 0 Å². The standard InChI is InChI=1S/C16H14NO/c1-11-14-4-2-3-5-15(14)18-16(11)13-8-6-12(10-17)7-9-13/h2-9H,1,10,17H2. The van der Waals surface area contributed by atoms with Crippen LogP contribution < -0.4 is 5.73 Å². The Morgan fingerprint density at radius 3 is 2.39 bits per heavy atom. The van der Waals surface area contributed by atoms with Gasteiger partial charge >= 0.3 is 0 Å². The van der Waals surface area contributed by atoms with Gasteiger partial charge in [0.25, 0.3) is 0 Å².